The molecule has 1 aromatic heterocycles. The van der Waals surface area contributed by atoms with Crippen molar-refractivity contribution in [2.45, 2.75) is 5.92 Å². The summed E-state index contributed by atoms with van der Waals surface area (Å²) in [5.74, 6) is -0.258. The lowest BCUT2D eigenvalue weighted by molar-refractivity contribution is 0.618. The summed E-state index contributed by atoms with van der Waals surface area (Å²) in [6, 6.07) is 5.62. The number of thiocarbonyl (C=S) groups is 2. The summed E-state index contributed by atoms with van der Waals surface area (Å²) in [6.45, 7) is 0. The molecule has 1 heterocycles. The molecule has 0 aromatic carbocycles. The van der Waals surface area contributed by atoms with Crippen molar-refractivity contribution in [1.29, 1.82) is 0 Å². The molecule has 0 spiro atoms. The van der Waals surface area contributed by atoms with Gasteiger partial charge in [0.2, 0.25) is 0 Å². The predicted molar refractivity (Wildman–Crippen MR) is 70.0 cm³/mol. The van der Waals surface area contributed by atoms with Gasteiger partial charge in [0.05, 0.1) is 15.7 Å². The van der Waals surface area contributed by atoms with Crippen LogP contribution in [0.3, 0.4) is 0 Å². The Bertz CT molecular complexity index is 362. The predicted octanol–water partition coefficient (Wildman–Crippen LogP) is 1.34. The van der Waals surface area contributed by atoms with Crippen molar-refractivity contribution in [3.05, 3.63) is 30.1 Å². The topological polar surface area (TPSA) is 42.1 Å². The molecule has 0 amide bonds. The lowest BCUT2D eigenvalue weighted by atomic mass is 10.0. The molecule has 80 valence electrons. The number of hydrogen-bond donors (Lipinski definition) is 1. The normalized spacial score (nSPS) is 11.9. The zero-order chi connectivity index (χ0) is 11.4. The van der Waals surface area contributed by atoms with Crippen LogP contribution in [0, 0.1) is 0 Å². The van der Waals surface area contributed by atoms with Gasteiger partial charge in [-0.05, 0) is 12.1 Å². The first-order chi connectivity index (χ1) is 7.04. The van der Waals surface area contributed by atoms with E-state index in [1.807, 2.05) is 37.2 Å². The van der Waals surface area contributed by atoms with Crippen molar-refractivity contribution in [2.75, 3.05) is 14.1 Å². The molecule has 0 fully saturated rings. The van der Waals surface area contributed by atoms with Crippen molar-refractivity contribution in [2.24, 2.45) is 5.73 Å². The SMILES string of the molecule is CN(C)C(=S)C(C(N)=S)c1ccccn1. The number of likely N-dealkylation sites (N-methyl/N-ethyl adjacent to an activating group) is 1. The second-order valence-electron chi connectivity index (χ2n) is 3.32. The Morgan fingerprint density at radius 3 is 2.47 bits per heavy atom. The molecule has 0 aliphatic carbocycles. The first kappa shape index (κ1) is 12.0. The van der Waals surface area contributed by atoms with E-state index in [1.165, 1.54) is 0 Å². The Hall–Kier alpha value is -1.07. The smallest absolute Gasteiger partial charge is 0.102 e. The summed E-state index contributed by atoms with van der Waals surface area (Å²) in [7, 11) is 3.74. The third-order valence-electron chi connectivity index (χ3n) is 1.96. The molecular formula is C10H13N3S2. The number of rotatable bonds is 3. The van der Waals surface area contributed by atoms with Crippen LogP contribution in [0.2, 0.25) is 0 Å². The van der Waals surface area contributed by atoms with E-state index in [9.17, 15) is 0 Å². The summed E-state index contributed by atoms with van der Waals surface area (Å²) in [4.78, 5) is 7.09. The van der Waals surface area contributed by atoms with Gasteiger partial charge >= 0.3 is 0 Å². The van der Waals surface area contributed by atoms with Crippen LogP contribution >= 0.6 is 24.4 Å². The van der Waals surface area contributed by atoms with Crippen LogP contribution in [0.25, 0.3) is 0 Å². The van der Waals surface area contributed by atoms with E-state index < -0.39 is 0 Å². The van der Waals surface area contributed by atoms with Gasteiger partial charge in [-0.1, -0.05) is 30.5 Å². The number of nitrogens with two attached hydrogens (primary N) is 1. The lowest BCUT2D eigenvalue weighted by Gasteiger charge is -2.22. The zero-order valence-electron chi connectivity index (χ0n) is 8.68. The molecule has 0 aliphatic rings. The summed E-state index contributed by atoms with van der Waals surface area (Å²) in [5, 5.41) is 0. The Labute approximate surface area is 100 Å². The lowest BCUT2D eigenvalue weighted by Crippen LogP contribution is -2.34. The van der Waals surface area contributed by atoms with E-state index in [1.54, 1.807) is 6.20 Å². The molecule has 0 aliphatic heterocycles. The molecule has 1 atom stereocenters. The van der Waals surface area contributed by atoms with E-state index >= 15 is 0 Å². The van der Waals surface area contributed by atoms with E-state index in [2.05, 4.69) is 4.98 Å². The third kappa shape index (κ3) is 2.94. The summed E-state index contributed by atoms with van der Waals surface area (Å²) >= 11 is 10.3. The fourth-order valence-corrected chi connectivity index (χ4v) is 1.75. The van der Waals surface area contributed by atoms with Gasteiger partial charge in [-0.15, -0.1) is 0 Å². The van der Waals surface area contributed by atoms with Gasteiger partial charge in [-0.2, -0.15) is 0 Å². The highest BCUT2D eigenvalue weighted by atomic mass is 32.1. The van der Waals surface area contributed by atoms with Crippen LogP contribution in [-0.4, -0.2) is 34.0 Å². The van der Waals surface area contributed by atoms with Crippen molar-refractivity contribution in [3.8, 4) is 0 Å². The van der Waals surface area contributed by atoms with Crippen molar-refractivity contribution >= 4 is 34.4 Å². The standard InChI is InChI=1S/C10H13N3S2/c1-13(2)10(15)8(9(11)14)7-5-3-4-6-12-7/h3-6,8H,1-2H3,(H2,11,14). The maximum atomic E-state index is 5.68. The number of aromatic nitrogens is 1. The largest absolute Gasteiger partial charge is 0.392 e. The molecule has 3 nitrogen and oxygen atoms in total. The Kier molecular flexibility index (Phi) is 4.11. The molecular weight excluding hydrogens is 226 g/mol. The molecule has 1 unspecified atom stereocenters. The van der Waals surface area contributed by atoms with E-state index in [0.29, 0.717) is 9.98 Å². The van der Waals surface area contributed by atoms with Crippen LogP contribution < -0.4 is 5.73 Å². The molecule has 0 saturated heterocycles. The van der Waals surface area contributed by atoms with Crippen LogP contribution in [0.1, 0.15) is 11.6 Å². The fourth-order valence-electron chi connectivity index (χ4n) is 1.20. The van der Waals surface area contributed by atoms with Crippen LogP contribution in [0.5, 0.6) is 0 Å². The van der Waals surface area contributed by atoms with Gasteiger partial charge in [0.25, 0.3) is 0 Å². The van der Waals surface area contributed by atoms with E-state index in [-0.39, 0.29) is 5.92 Å². The van der Waals surface area contributed by atoms with Gasteiger partial charge < -0.3 is 10.6 Å². The minimum absolute atomic E-state index is 0.258. The maximum absolute atomic E-state index is 5.68. The van der Waals surface area contributed by atoms with Crippen LogP contribution in [0.4, 0.5) is 0 Å². The van der Waals surface area contributed by atoms with Gasteiger partial charge in [0.1, 0.15) is 5.92 Å². The van der Waals surface area contributed by atoms with Gasteiger partial charge in [0, 0.05) is 20.3 Å². The monoisotopic (exact) mass is 239 g/mol. The van der Waals surface area contributed by atoms with Gasteiger partial charge in [-0.25, -0.2) is 0 Å². The second kappa shape index (κ2) is 5.14. The van der Waals surface area contributed by atoms with Gasteiger partial charge in [0.15, 0.2) is 0 Å². The average Bonchev–Trinajstić information content (AvgIpc) is 2.18. The van der Waals surface area contributed by atoms with Crippen molar-refractivity contribution in [3.63, 3.8) is 0 Å². The molecule has 5 heteroatoms. The van der Waals surface area contributed by atoms with Crippen molar-refractivity contribution in [1.82, 2.24) is 9.88 Å². The van der Waals surface area contributed by atoms with Crippen LogP contribution in [-0.2, 0) is 0 Å². The quantitative estimate of drug-likeness (QED) is 0.806. The molecule has 0 radical (unpaired) electrons. The highest BCUT2D eigenvalue weighted by Gasteiger charge is 2.22. The van der Waals surface area contributed by atoms with E-state index in [0.717, 1.165) is 5.69 Å². The third-order valence-corrected chi connectivity index (χ3v) is 2.79. The molecule has 1 rings (SSSR count). The summed E-state index contributed by atoms with van der Waals surface area (Å²) in [5.41, 5.74) is 6.48. The first-order valence-electron chi connectivity index (χ1n) is 4.45. The van der Waals surface area contributed by atoms with E-state index in [4.69, 9.17) is 30.2 Å². The fraction of sp³-hybridized carbons (Fsp3) is 0.300. The number of nitrogens with zero attached hydrogens (tertiary/aromatic N) is 2. The highest BCUT2D eigenvalue weighted by molar-refractivity contribution is 7.82. The van der Waals surface area contributed by atoms with Crippen LogP contribution in [0.15, 0.2) is 24.4 Å². The summed E-state index contributed by atoms with van der Waals surface area (Å²) in [6.07, 6.45) is 1.71. The average molecular weight is 239 g/mol. The molecule has 0 bridgehead atoms. The van der Waals surface area contributed by atoms with Gasteiger partial charge in [-0.3, -0.25) is 4.98 Å². The Morgan fingerprint density at radius 1 is 1.40 bits per heavy atom. The number of hydrogen-bond acceptors (Lipinski definition) is 3. The Morgan fingerprint density at radius 2 is 2.07 bits per heavy atom. The van der Waals surface area contributed by atoms with Crippen molar-refractivity contribution < 1.29 is 0 Å². The molecule has 2 N–H and O–H groups in total. The Balaban J connectivity index is 3.05. The first-order valence-corrected chi connectivity index (χ1v) is 5.27. The summed E-state index contributed by atoms with van der Waals surface area (Å²) < 4.78 is 0. The molecule has 0 saturated carbocycles. The maximum Gasteiger partial charge on any atom is 0.102 e. The second-order valence-corrected chi connectivity index (χ2v) is 4.21. The minimum Gasteiger partial charge on any atom is -0.392 e. The highest BCUT2D eigenvalue weighted by Crippen LogP contribution is 2.16. The number of pyridine rings is 1. The molecule has 15 heavy (non-hydrogen) atoms. The zero-order valence-corrected chi connectivity index (χ0v) is 10.3. The molecule has 1 aromatic rings. The minimum atomic E-state index is -0.258.